The van der Waals surface area contributed by atoms with Gasteiger partial charge in [0.2, 0.25) is 0 Å². The summed E-state index contributed by atoms with van der Waals surface area (Å²) in [4.78, 5) is 17.2. The van der Waals surface area contributed by atoms with Gasteiger partial charge in [0.1, 0.15) is 6.33 Å². The predicted molar refractivity (Wildman–Crippen MR) is 115 cm³/mol. The molecule has 4 aromatic rings. The molecule has 0 aliphatic rings. The van der Waals surface area contributed by atoms with E-state index in [4.69, 9.17) is 11.6 Å². The smallest absolute Gasteiger partial charge is 0.163 e. The van der Waals surface area contributed by atoms with E-state index in [9.17, 15) is 4.79 Å². The van der Waals surface area contributed by atoms with Crippen LogP contribution in [0, 0.1) is 13.8 Å². The highest BCUT2D eigenvalue weighted by molar-refractivity contribution is 6.31. The molecule has 140 valence electrons. The Bertz CT molecular complexity index is 1180. The van der Waals surface area contributed by atoms with Crippen LogP contribution in [0.1, 0.15) is 33.5 Å². The van der Waals surface area contributed by atoms with Gasteiger partial charge >= 0.3 is 0 Å². The number of hydrogen-bond donors (Lipinski definition) is 0. The lowest BCUT2D eigenvalue weighted by molar-refractivity contribution is 0.0983. The highest BCUT2D eigenvalue weighted by atomic mass is 35.5. The van der Waals surface area contributed by atoms with Crippen molar-refractivity contribution in [3.8, 4) is 5.69 Å². The van der Waals surface area contributed by atoms with Crippen LogP contribution in [0.25, 0.3) is 16.7 Å². The molecule has 28 heavy (non-hydrogen) atoms. The maximum atomic E-state index is 12.7. The topological polar surface area (TPSA) is 34.9 Å². The van der Waals surface area contributed by atoms with Crippen LogP contribution < -0.4 is 0 Å². The molecule has 0 aliphatic heterocycles. The third-order valence-corrected chi connectivity index (χ3v) is 5.59. The molecule has 0 saturated heterocycles. The van der Waals surface area contributed by atoms with E-state index in [2.05, 4.69) is 41.6 Å². The van der Waals surface area contributed by atoms with E-state index < -0.39 is 0 Å². The predicted octanol–water partition coefficient (Wildman–Crippen LogP) is 6.11. The summed E-state index contributed by atoms with van der Waals surface area (Å²) in [5.74, 6) is 0.0996. The van der Waals surface area contributed by atoms with Crippen molar-refractivity contribution in [1.29, 1.82) is 0 Å². The zero-order chi connectivity index (χ0) is 19.7. The van der Waals surface area contributed by atoms with Crippen LogP contribution >= 0.6 is 11.6 Å². The Balaban J connectivity index is 1.57. The Kier molecular flexibility index (Phi) is 5.01. The van der Waals surface area contributed by atoms with E-state index in [1.807, 2.05) is 48.8 Å². The van der Waals surface area contributed by atoms with Gasteiger partial charge < -0.3 is 0 Å². The van der Waals surface area contributed by atoms with Gasteiger partial charge in [-0.2, -0.15) is 0 Å². The number of ketones is 1. The van der Waals surface area contributed by atoms with Gasteiger partial charge in [0.25, 0.3) is 0 Å². The fourth-order valence-electron chi connectivity index (χ4n) is 3.36. The maximum absolute atomic E-state index is 12.7. The van der Waals surface area contributed by atoms with E-state index in [1.165, 1.54) is 11.1 Å². The number of aromatic nitrogens is 2. The molecular formula is C24H21ClN2O. The van der Waals surface area contributed by atoms with Gasteiger partial charge in [-0.1, -0.05) is 35.9 Å². The second-order valence-electron chi connectivity index (χ2n) is 7.10. The van der Waals surface area contributed by atoms with E-state index >= 15 is 0 Å². The van der Waals surface area contributed by atoms with Crippen molar-refractivity contribution in [2.45, 2.75) is 26.7 Å². The van der Waals surface area contributed by atoms with Crippen LogP contribution in [0.3, 0.4) is 0 Å². The molecular weight excluding hydrogens is 368 g/mol. The minimum absolute atomic E-state index is 0.0996. The van der Waals surface area contributed by atoms with Gasteiger partial charge in [0.15, 0.2) is 5.78 Å². The number of fused-ring (bicyclic) bond motifs is 1. The van der Waals surface area contributed by atoms with Gasteiger partial charge in [-0.3, -0.25) is 9.36 Å². The molecule has 0 saturated carbocycles. The molecule has 0 fully saturated rings. The maximum Gasteiger partial charge on any atom is 0.163 e. The van der Waals surface area contributed by atoms with Crippen LogP contribution in [0.2, 0.25) is 5.02 Å². The Labute approximate surface area is 169 Å². The molecule has 0 unspecified atom stereocenters. The highest BCUT2D eigenvalue weighted by Crippen LogP contribution is 2.23. The van der Waals surface area contributed by atoms with Crippen LogP contribution in [-0.2, 0) is 6.42 Å². The molecule has 4 heteroatoms. The van der Waals surface area contributed by atoms with Crippen LogP contribution in [0.4, 0.5) is 0 Å². The van der Waals surface area contributed by atoms with E-state index in [-0.39, 0.29) is 5.78 Å². The molecule has 0 aliphatic carbocycles. The summed E-state index contributed by atoms with van der Waals surface area (Å²) >= 11 is 6.19. The summed E-state index contributed by atoms with van der Waals surface area (Å²) in [6, 6.07) is 19.7. The van der Waals surface area contributed by atoms with Gasteiger partial charge in [0.05, 0.1) is 11.0 Å². The molecule has 0 N–H and O–H groups in total. The van der Waals surface area contributed by atoms with Crippen LogP contribution in [-0.4, -0.2) is 15.3 Å². The number of carbonyl (C=O) groups excluding carboxylic acids is 1. The van der Waals surface area contributed by atoms with Crippen molar-refractivity contribution in [1.82, 2.24) is 9.55 Å². The minimum Gasteiger partial charge on any atom is -0.299 e. The largest absolute Gasteiger partial charge is 0.299 e. The SMILES string of the molecule is Cc1ccc(-n2cnc3cc(C(=O)CCc4ccccc4Cl)ccc32)cc1C. The first-order chi connectivity index (χ1) is 13.5. The van der Waals surface area contributed by atoms with E-state index in [0.29, 0.717) is 23.4 Å². The van der Waals surface area contributed by atoms with Crippen molar-refractivity contribution in [2.24, 2.45) is 0 Å². The number of hydrogen-bond acceptors (Lipinski definition) is 2. The average molecular weight is 389 g/mol. The van der Waals surface area contributed by atoms with E-state index in [1.54, 1.807) is 0 Å². The molecule has 3 nitrogen and oxygen atoms in total. The molecule has 0 radical (unpaired) electrons. The molecule has 1 heterocycles. The molecule has 1 aromatic heterocycles. The summed E-state index contributed by atoms with van der Waals surface area (Å²) in [6.45, 7) is 4.21. The Morgan fingerprint density at radius 3 is 2.61 bits per heavy atom. The number of aryl methyl sites for hydroxylation is 3. The standard InChI is InChI=1S/C24H21ClN2O/c1-16-7-10-20(13-17(16)2)27-15-26-22-14-19(8-11-23(22)27)24(28)12-9-18-5-3-4-6-21(18)25/h3-8,10-11,13-15H,9,12H2,1-2H3. The molecule has 3 aromatic carbocycles. The number of carbonyl (C=O) groups is 1. The normalized spacial score (nSPS) is 11.1. The summed E-state index contributed by atoms with van der Waals surface area (Å²) in [6.07, 6.45) is 2.87. The number of imidazole rings is 1. The highest BCUT2D eigenvalue weighted by Gasteiger charge is 2.11. The fourth-order valence-corrected chi connectivity index (χ4v) is 3.59. The molecule has 0 spiro atoms. The molecule has 4 rings (SSSR count). The average Bonchev–Trinajstić information content (AvgIpc) is 3.12. The summed E-state index contributed by atoms with van der Waals surface area (Å²) in [7, 11) is 0. The third kappa shape index (κ3) is 3.58. The van der Waals surface area contributed by atoms with Crippen molar-refractivity contribution in [2.75, 3.05) is 0 Å². The first kappa shape index (κ1) is 18.5. The zero-order valence-electron chi connectivity index (χ0n) is 15.9. The summed E-state index contributed by atoms with van der Waals surface area (Å²) in [5.41, 5.74) is 7.07. The zero-order valence-corrected chi connectivity index (χ0v) is 16.7. The number of Topliss-reactive ketones (excluding diaryl/α,β-unsaturated/α-hetero) is 1. The first-order valence-corrected chi connectivity index (χ1v) is 9.72. The number of nitrogens with zero attached hydrogens (tertiary/aromatic N) is 2. The van der Waals surface area contributed by atoms with Gasteiger partial charge in [-0.15, -0.1) is 0 Å². The monoisotopic (exact) mass is 388 g/mol. The second kappa shape index (κ2) is 7.61. The summed E-state index contributed by atoms with van der Waals surface area (Å²) < 4.78 is 2.06. The quantitative estimate of drug-likeness (QED) is 0.386. The molecule has 0 amide bonds. The van der Waals surface area contributed by atoms with Crippen LogP contribution in [0.5, 0.6) is 0 Å². The van der Waals surface area contributed by atoms with Crippen molar-refractivity contribution in [3.63, 3.8) is 0 Å². The lowest BCUT2D eigenvalue weighted by Crippen LogP contribution is -2.02. The first-order valence-electron chi connectivity index (χ1n) is 9.34. The molecule has 0 atom stereocenters. The third-order valence-electron chi connectivity index (χ3n) is 5.22. The van der Waals surface area contributed by atoms with Gasteiger partial charge in [-0.05, 0) is 73.4 Å². The Morgan fingerprint density at radius 2 is 1.82 bits per heavy atom. The second-order valence-corrected chi connectivity index (χ2v) is 7.51. The van der Waals surface area contributed by atoms with Crippen molar-refractivity contribution >= 4 is 28.4 Å². The van der Waals surface area contributed by atoms with Crippen LogP contribution in [0.15, 0.2) is 67.0 Å². The lowest BCUT2D eigenvalue weighted by Gasteiger charge is -2.08. The summed E-state index contributed by atoms with van der Waals surface area (Å²) in [5, 5.41) is 0.706. The Morgan fingerprint density at radius 1 is 1.00 bits per heavy atom. The lowest BCUT2D eigenvalue weighted by atomic mass is 10.0. The Hall–Kier alpha value is -2.91. The fraction of sp³-hybridized carbons (Fsp3) is 0.167. The molecule has 0 bridgehead atoms. The van der Waals surface area contributed by atoms with Gasteiger partial charge in [0, 0.05) is 22.7 Å². The number of halogens is 1. The van der Waals surface area contributed by atoms with Gasteiger partial charge in [-0.25, -0.2) is 4.98 Å². The van der Waals surface area contributed by atoms with Crippen molar-refractivity contribution in [3.05, 3.63) is 94.3 Å². The van der Waals surface area contributed by atoms with Crippen molar-refractivity contribution < 1.29 is 4.79 Å². The minimum atomic E-state index is 0.0996. The van der Waals surface area contributed by atoms with E-state index in [0.717, 1.165) is 22.3 Å². The number of rotatable bonds is 5. The number of benzene rings is 3.